The van der Waals surface area contributed by atoms with E-state index in [2.05, 4.69) is 10.6 Å². The Hall–Kier alpha value is -2.29. The molecule has 0 aromatic rings. The summed E-state index contributed by atoms with van der Waals surface area (Å²) in [6, 6.07) is -1.06. The van der Waals surface area contributed by atoms with Gasteiger partial charge in [-0.3, -0.25) is 24.1 Å². The highest BCUT2D eigenvalue weighted by Gasteiger charge is 2.36. The van der Waals surface area contributed by atoms with Gasteiger partial charge in [-0.2, -0.15) is 0 Å². The van der Waals surface area contributed by atoms with Gasteiger partial charge in [-0.1, -0.05) is 20.8 Å². The van der Waals surface area contributed by atoms with Crippen molar-refractivity contribution in [3.05, 3.63) is 0 Å². The Labute approximate surface area is 192 Å². The predicted molar refractivity (Wildman–Crippen MR) is 122 cm³/mol. The predicted octanol–water partition coefficient (Wildman–Crippen LogP) is 1.78. The molecular weight excluding hydrogens is 412 g/mol. The van der Waals surface area contributed by atoms with Gasteiger partial charge >= 0.3 is 6.03 Å². The zero-order valence-corrected chi connectivity index (χ0v) is 19.7. The second-order valence-corrected chi connectivity index (χ2v) is 8.84. The maximum atomic E-state index is 12.9. The van der Waals surface area contributed by atoms with Gasteiger partial charge in [0.25, 0.3) is 0 Å². The van der Waals surface area contributed by atoms with Crippen LogP contribution in [-0.4, -0.2) is 60.0 Å². The van der Waals surface area contributed by atoms with Crippen LogP contribution < -0.4 is 16.4 Å². The molecule has 3 atom stereocenters. The van der Waals surface area contributed by atoms with Gasteiger partial charge in [0.05, 0.1) is 6.04 Å². The fraction of sp³-hybridized carbons (Fsp3) is 0.783. The lowest BCUT2D eigenvalue weighted by molar-refractivity contribution is -0.139. The molecule has 0 aromatic carbocycles. The molecule has 9 heteroatoms. The minimum Gasteiger partial charge on any atom is -0.352 e. The first-order valence-corrected chi connectivity index (χ1v) is 11.6. The number of carbonyl (C=O) groups excluding carboxylic acids is 5. The van der Waals surface area contributed by atoms with Crippen molar-refractivity contribution in [2.24, 2.45) is 23.5 Å². The van der Waals surface area contributed by atoms with Gasteiger partial charge in [-0.05, 0) is 51.5 Å². The van der Waals surface area contributed by atoms with Gasteiger partial charge in [0.1, 0.15) is 5.78 Å². The summed E-state index contributed by atoms with van der Waals surface area (Å²) < 4.78 is 7.39. The second-order valence-electron chi connectivity index (χ2n) is 8.84. The highest BCUT2D eigenvalue weighted by atomic mass is 16.2. The average Bonchev–Trinajstić information content (AvgIpc) is 3.04. The van der Waals surface area contributed by atoms with Crippen LogP contribution in [0.4, 0.5) is 4.79 Å². The van der Waals surface area contributed by atoms with Gasteiger partial charge in [0.2, 0.25) is 11.8 Å². The quantitative estimate of drug-likeness (QED) is 0.240. The summed E-state index contributed by atoms with van der Waals surface area (Å²) >= 11 is 0. The highest BCUT2D eigenvalue weighted by Crippen LogP contribution is 2.22. The van der Waals surface area contributed by atoms with Crippen molar-refractivity contribution in [1.29, 1.82) is 0 Å². The van der Waals surface area contributed by atoms with Crippen LogP contribution in [-0.2, 0) is 19.2 Å². The van der Waals surface area contributed by atoms with Crippen LogP contribution in [0.25, 0.3) is 0 Å². The number of primary amides is 1. The highest BCUT2D eigenvalue weighted by molar-refractivity contribution is 6.03. The van der Waals surface area contributed by atoms with E-state index in [9.17, 15) is 24.0 Å². The van der Waals surface area contributed by atoms with Gasteiger partial charge < -0.3 is 16.4 Å². The molecule has 1 heterocycles. The number of urea groups is 1. The van der Waals surface area contributed by atoms with Crippen molar-refractivity contribution < 1.29 is 25.3 Å². The van der Waals surface area contributed by atoms with E-state index in [0.717, 1.165) is 0 Å². The number of ketones is 2. The minimum atomic E-state index is -0.637. The summed E-state index contributed by atoms with van der Waals surface area (Å²) in [7, 11) is 0. The molecule has 1 rings (SSSR count). The molecule has 1 saturated heterocycles. The standard InChI is InChI=1S/C23H40N4O5/c1-5-17-14-20(30)27(22(17)31)12-7-6-10-25-21(15(2)3)19(29)13-18(16(4)28)9-8-11-26-23(24)32/h15,17-18,21,25H,5-14H2,1-4H3,(H3,24,26,32)/t17?,18-,21+/m1/s1/i4D. The molecule has 0 saturated carbocycles. The van der Waals surface area contributed by atoms with Gasteiger partial charge in [-0.15, -0.1) is 0 Å². The van der Waals surface area contributed by atoms with E-state index in [4.69, 9.17) is 7.10 Å². The molecule has 0 spiro atoms. The van der Waals surface area contributed by atoms with Crippen LogP contribution in [0.3, 0.4) is 0 Å². The number of nitrogens with one attached hydrogen (secondary N) is 2. The van der Waals surface area contributed by atoms with Crippen LogP contribution in [0.1, 0.15) is 74.0 Å². The third-order valence-corrected chi connectivity index (χ3v) is 5.95. The summed E-state index contributed by atoms with van der Waals surface area (Å²) in [4.78, 5) is 61.4. The molecule has 9 nitrogen and oxygen atoms in total. The van der Waals surface area contributed by atoms with E-state index in [0.29, 0.717) is 58.2 Å². The molecule has 32 heavy (non-hydrogen) atoms. The average molecular weight is 454 g/mol. The van der Waals surface area contributed by atoms with Crippen LogP contribution in [0.5, 0.6) is 0 Å². The first-order chi connectivity index (χ1) is 15.6. The molecule has 1 aliphatic heterocycles. The Kier molecular flexibility index (Phi) is 11.3. The lowest BCUT2D eigenvalue weighted by atomic mass is 9.88. The monoisotopic (exact) mass is 453 g/mol. The maximum Gasteiger partial charge on any atom is 0.312 e. The Morgan fingerprint density at radius 1 is 1.19 bits per heavy atom. The van der Waals surface area contributed by atoms with Crippen LogP contribution in [0, 0.1) is 17.8 Å². The van der Waals surface area contributed by atoms with Crippen molar-refractivity contribution >= 4 is 29.4 Å². The van der Waals surface area contributed by atoms with Crippen LogP contribution in [0.15, 0.2) is 0 Å². The topological polar surface area (TPSA) is 139 Å². The zero-order valence-electron chi connectivity index (χ0n) is 20.7. The number of imide groups is 1. The number of hydrogen-bond acceptors (Lipinski definition) is 6. The van der Waals surface area contributed by atoms with Crippen LogP contribution >= 0.6 is 0 Å². The number of nitrogens with zero attached hydrogens (tertiary/aromatic N) is 1. The van der Waals surface area contributed by atoms with Crippen LogP contribution in [0.2, 0.25) is 0 Å². The number of amides is 4. The van der Waals surface area contributed by atoms with E-state index < -0.39 is 18.0 Å². The molecule has 0 aliphatic carbocycles. The van der Waals surface area contributed by atoms with Crippen molar-refractivity contribution in [3.8, 4) is 0 Å². The Morgan fingerprint density at radius 2 is 1.91 bits per heavy atom. The van der Waals surface area contributed by atoms with E-state index in [1.165, 1.54) is 4.90 Å². The summed E-state index contributed by atoms with van der Waals surface area (Å²) in [5.74, 6) is -1.26. The van der Waals surface area contributed by atoms with E-state index in [1.807, 2.05) is 20.8 Å². The summed E-state index contributed by atoms with van der Waals surface area (Å²) in [5, 5.41) is 5.72. The minimum absolute atomic E-state index is 0.0211. The summed E-state index contributed by atoms with van der Waals surface area (Å²) in [5.41, 5.74) is 5.03. The number of carbonyl (C=O) groups is 5. The summed E-state index contributed by atoms with van der Waals surface area (Å²) in [6.45, 7) is 6.66. The number of hydrogen-bond donors (Lipinski definition) is 3. The molecular formula is C23H40N4O5. The number of unbranched alkanes of at least 4 members (excludes halogenated alkanes) is 1. The van der Waals surface area contributed by atoms with Crippen molar-refractivity contribution in [2.45, 2.75) is 78.7 Å². The molecule has 4 N–H and O–H groups in total. The van der Waals surface area contributed by atoms with Gasteiger partial charge in [-0.25, -0.2) is 4.79 Å². The zero-order chi connectivity index (χ0) is 25.0. The van der Waals surface area contributed by atoms with Gasteiger partial charge in [0.15, 0.2) is 5.78 Å². The molecule has 1 fully saturated rings. The Balaban J connectivity index is 2.49. The van der Waals surface area contributed by atoms with Gasteiger partial charge in [0, 0.05) is 39.1 Å². The van der Waals surface area contributed by atoms with Crippen molar-refractivity contribution in [3.63, 3.8) is 0 Å². The first-order valence-electron chi connectivity index (χ1n) is 12.3. The molecule has 1 aliphatic rings. The largest absolute Gasteiger partial charge is 0.352 e. The summed E-state index contributed by atoms with van der Waals surface area (Å²) in [6.07, 6.45) is 3.30. The smallest absolute Gasteiger partial charge is 0.312 e. The molecule has 0 bridgehead atoms. The second kappa shape index (κ2) is 14.0. The molecule has 182 valence electrons. The van der Waals surface area contributed by atoms with Crippen molar-refractivity contribution in [2.75, 3.05) is 19.6 Å². The molecule has 0 aromatic heterocycles. The maximum absolute atomic E-state index is 12.9. The molecule has 0 radical (unpaired) electrons. The van der Waals surface area contributed by atoms with E-state index in [-0.39, 0.29) is 48.5 Å². The van der Waals surface area contributed by atoms with E-state index >= 15 is 0 Å². The molecule has 1 unspecified atom stereocenters. The number of Topliss-reactive ketones (excluding diaryl/α,β-unsaturated/α-hetero) is 2. The Bertz CT molecular complexity index is 700. The van der Waals surface area contributed by atoms with E-state index in [1.54, 1.807) is 0 Å². The Morgan fingerprint density at radius 3 is 2.47 bits per heavy atom. The SMILES string of the molecule is [2H]CC(=O)[C@H](CCCNC(N)=O)CC(=O)[C@@H](NCCCCN1C(=O)CC(CC)C1=O)C(C)C. The van der Waals surface area contributed by atoms with Crippen molar-refractivity contribution in [1.82, 2.24) is 15.5 Å². The third kappa shape index (κ3) is 9.06. The number of nitrogens with two attached hydrogens (primary N) is 1. The lowest BCUT2D eigenvalue weighted by Gasteiger charge is -2.23. The lowest BCUT2D eigenvalue weighted by Crippen LogP contribution is -2.43. The molecule has 4 amide bonds. The third-order valence-electron chi connectivity index (χ3n) is 5.95. The number of likely N-dealkylation sites (tertiary alicyclic amines) is 1. The fourth-order valence-corrected chi connectivity index (χ4v) is 3.99. The normalized spacial score (nSPS) is 18.6. The number of rotatable bonds is 16. The fourth-order valence-electron chi connectivity index (χ4n) is 3.99. The first kappa shape index (κ1) is 26.0.